The lowest BCUT2D eigenvalue weighted by molar-refractivity contribution is -0.145. The average Bonchev–Trinajstić information content (AvgIpc) is 3.21. The summed E-state index contributed by atoms with van der Waals surface area (Å²) in [5.74, 6) is -0.00949. The second kappa shape index (κ2) is 10.1. The van der Waals surface area contributed by atoms with Gasteiger partial charge in [-0.25, -0.2) is 13.4 Å². The predicted molar refractivity (Wildman–Crippen MR) is 123 cm³/mol. The van der Waals surface area contributed by atoms with E-state index in [2.05, 4.69) is 20.9 Å². The van der Waals surface area contributed by atoms with Gasteiger partial charge in [0.15, 0.2) is 0 Å². The van der Waals surface area contributed by atoms with Gasteiger partial charge in [-0.05, 0) is 42.5 Å². The predicted octanol–water partition coefficient (Wildman–Crippen LogP) is 4.60. The van der Waals surface area contributed by atoms with Crippen LogP contribution in [0.1, 0.15) is 5.69 Å². The van der Waals surface area contributed by atoms with Crippen LogP contribution in [0.5, 0.6) is 5.75 Å². The summed E-state index contributed by atoms with van der Waals surface area (Å²) in [6, 6.07) is 11.3. The van der Waals surface area contributed by atoms with Gasteiger partial charge in [0, 0.05) is 21.9 Å². The van der Waals surface area contributed by atoms with E-state index in [1.165, 1.54) is 42.6 Å². The molecule has 11 heteroatoms. The number of sulfonamides is 1. The minimum Gasteiger partial charge on any atom is -0.496 e. The van der Waals surface area contributed by atoms with E-state index in [0.29, 0.717) is 21.5 Å². The zero-order valence-corrected chi connectivity index (χ0v) is 20.5. The number of halogens is 2. The highest BCUT2D eigenvalue weighted by Gasteiger charge is 2.23. The van der Waals surface area contributed by atoms with Crippen LogP contribution < -0.4 is 4.74 Å². The number of likely N-dealkylation sites (N-methyl/N-ethyl adjacent to an activating group) is 1. The van der Waals surface area contributed by atoms with Crippen molar-refractivity contribution in [2.75, 3.05) is 20.7 Å². The Morgan fingerprint density at radius 3 is 2.61 bits per heavy atom. The Bertz CT molecular complexity index is 1180. The number of hydrogen-bond acceptors (Lipinski definition) is 7. The molecule has 3 rings (SSSR count). The Labute approximate surface area is 197 Å². The van der Waals surface area contributed by atoms with Crippen molar-refractivity contribution in [3.63, 3.8) is 0 Å². The standard InChI is InChI=1S/C20H18BrClN2O5S2/c1-24(31(26,27)16-6-4-14(22)5-7-16)10-19(25)29-11-15-12-30-20(23-15)17-9-13(21)3-8-18(17)28-2/h3-9,12H,10-11H2,1-2H3. The summed E-state index contributed by atoms with van der Waals surface area (Å²) in [4.78, 5) is 16.7. The van der Waals surface area contributed by atoms with Gasteiger partial charge in [-0.2, -0.15) is 4.31 Å². The largest absolute Gasteiger partial charge is 0.496 e. The molecule has 0 saturated carbocycles. The van der Waals surface area contributed by atoms with Crippen molar-refractivity contribution in [1.82, 2.24) is 9.29 Å². The molecule has 0 spiro atoms. The molecule has 0 bridgehead atoms. The number of methoxy groups -OCH3 is 1. The number of nitrogens with zero attached hydrogens (tertiary/aromatic N) is 2. The number of thiazole rings is 1. The lowest BCUT2D eigenvalue weighted by Crippen LogP contribution is -2.33. The van der Waals surface area contributed by atoms with Gasteiger partial charge in [-0.1, -0.05) is 27.5 Å². The fourth-order valence-corrected chi connectivity index (χ4v) is 5.02. The zero-order chi connectivity index (χ0) is 22.6. The number of carbonyl (C=O) groups is 1. The molecule has 1 aromatic heterocycles. The van der Waals surface area contributed by atoms with E-state index < -0.39 is 22.5 Å². The minimum absolute atomic E-state index is 0.0410. The van der Waals surface area contributed by atoms with E-state index in [4.69, 9.17) is 21.1 Å². The highest BCUT2D eigenvalue weighted by molar-refractivity contribution is 9.10. The third-order valence-electron chi connectivity index (χ3n) is 4.20. The van der Waals surface area contributed by atoms with Gasteiger partial charge in [0.1, 0.15) is 23.9 Å². The molecule has 0 aliphatic carbocycles. The Morgan fingerprint density at radius 1 is 1.23 bits per heavy atom. The molecule has 164 valence electrons. The first-order valence-electron chi connectivity index (χ1n) is 8.86. The number of benzene rings is 2. The van der Waals surface area contributed by atoms with Crippen LogP contribution in [0.3, 0.4) is 0 Å². The van der Waals surface area contributed by atoms with Gasteiger partial charge in [0.05, 0.1) is 23.3 Å². The molecule has 1 heterocycles. The van der Waals surface area contributed by atoms with E-state index in [9.17, 15) is 13.2 Å². The Balaban J connectivity index is 1.62. The molecule has 0 radical (unpaired) electrons. The summed E-state index contributed by atoms with van der Waals surface area (Å²) in [6.07, 6.45) is 0. The van der Waals surface area contributed by atoms with Crippen molar-refractivity contribution >= 4 is 54.9 Å². The topological polar surface area (TPSA) is 85.8 Å². The third kappa shape index (κ3) is 5.83. The first-order valence-corrected chi connectivity index (χ1v) is 12.4. The molecular weight excluding hydrogens is 528 g/mol. The van der Waals surface area contributed by atoms with Gasteiger partial charge >= 0.3 is 5.97 Å². The summed E-state index contributed by atoms with van der Waals surface area (Å²) in [7, 11) is -0.943. The van der Waals surface area contributed by atoms with Crippen molar-refractivity contribution in [1.29, 1.82) is 0 Å². The lowest BCUT2D eigenvalue weighted by atomic mass is 10.2. The van der Waals surface area contributed by atoms with Crippen molar-refractivity contribution in [3.8, 4) is 16.3 Å². The Kier molecular flexibility index (Phi) is 7.71. The van der Waals surface area contributed by atoms with Gasteiger partial charge < -0.3 is 9.47 Å². The SMILES string of the molecule is COc1ccc(Br)cc1-c1nc(COC(=O)CN(C)S(=O)(=O)c2ccc(Cl)cc2)cs1. The number of rotatable bonds is 8. The Morgan fingerprint density at radius 2 is 1.94 bits per heavy atom. The van der Waals surface area contributed by atoms with E-state index >= 15 is 0 Å². The molecule has 0 saturated heterocycles. The van der Waals surface area contributed by atoms with Crippen LogP contribution in [0.4, 0.5) is 0 Å². The van der Waals surface area contributed by atoms with Gasteiger partial charge in [0.2, 0.25) is 10.0 Å². The molecule has 0 atom stereocenters. The second-order valence-corrected chi connectivity index (χ2v) is 10.6. The minimum atomic E-state index is -3.84. The summed E-state index contributed by atoms with van der Waals surface area (Å²) >= 11 is 10.6. The summed E-state index contributed by atoms with van der Waals surface area (Å²) in [5.41, 5.74) is 1.37. The van der Waals surface area contributed by atoms with Crippen LogP contribution in [0.25, 0.3) is 10.6 Å². The fourth-order valence-electron chi connectivity index (χ4n) is 2.60. The lowest BCUT2D eigenvalue weighted by Gasteiger charge is -2.16. The maximum Gasteiger partial charge on any atom is 0.321 e. The number of carbonyl (C=O) groups excluding carboxylic acids is 1. The average molecular weight is 546 g/mol. The fraction of sp³-hybridized carbons (Fsp3) is 0.200. The molecule has 0 aliphatic heterocycles. The van der Waals surface area contributed by atoms with E-state index in [-0.39, 0.29) is 11.5 Å². The molecule has 7 nitrogen and oxygen atoms in total. The van der Waals surface area contributed by atoms with E-state index in [1.54, 1.807) is 12.5 Å². The highest BCUT2D eigenvalue weighted by atomic mass is 79.9. The quantitative estimate of drug-likeness (QED) is 0.385. The van der Waals surface area contributed by atoms with Crippen LogP contribution in [-0.2, 0) is 26.2 Å². The number of ether oxygens (including phenoxy) is 2. The molecule has 0 amide bonds. The van der Waals surface area contributed by atoms with Crippen LogP contribution in [0, 0.1) is 0 Å². The number of aromatic nitrogens is 1. The van der Waals surface area contributed by atoms with Crippen molar-refractivity contribution < 1.29 is 22.7 Å². The third-order valence-corrected chi connectivity index (χ3v) is 7.69. The summed E-state index contributed by atoms with van der Waals surface area (Å²) in [5, 5.41) is 2.91. The van der Waals surface area contributed by atoms with Gasteiger partial charge in [-0.15, -0.1) is 11.3 Å². The van der Waals surface area contributed by atoms with Crippen molar-refractivity contribution in [3.05, 3.63) is 63.0 Å². The van der Waals surface area contributed by atoms with E-state index in [0.717, 1.165) is 14.3 Å². The summed E-state index contributed by atoms with van der Waals surface area (Å²) in [6.45, 7) is -0.498. The molecule has 0 aliphatic rings. The van der Waals surface area contributed by atoms with Crippen LogP contribution in [-0.4, -0.2) is 44.4 Å². The molecule has 2 aromatic carbocycles. The molecular formula is C20H18BrClN2O5S2. The van der Waals surface area contributed by atoms with Crippen molar-refractivity contribution in [2.45, 2.75) is 11.5 Å². The maximum absolute atomic E-state index is 12.5. The first-order chi connectivity index (χ1) is 14.7. The monoisotopic (exact) mass is 544 g/mol. The van der Waals surface area contributed by atoms with Gasteiger partial charge in [0.25, 0.3) is 0 Å². The summed E-state index contributed by atoms with van der Waals surface area (Å²) < 4.78 is 37.5. The molecule has 0 N–H and O–H groups in total. The molecule has 0 fully saturated rings. The first kappa shape index (κ1) is 23.7. The van der Waals surface area contributed by atoms with Crippen LogP contribution >= 0.6 is 38.9 Å². The second-order valence-electron chi connectivity index (χ2n) is 6.36. The van der Waals surface area contributed by atoms with E-state index in [1.807, 2.05) is 18.2 Å². The zero-order valence-electron chi connectivity index (χ0n) is 16.5. The smallest absolute Gasteiger partial charge is 0.321 e. The molecule has 31 heavy (non-hydrogen) atoms. The molecule has 3 aromatic rings. The van der Waals surface area contributed by atoms with Crippen molar-refractivity contribution in [2.24, 2.45) is 0 Å². The highest BCUT2D eigenvalue weighted by Crippen LogP contribution is 2.34. The Hall–Kier alpha value is -1.98. The maximum atomic E-state index is 12.5. The van der Waals surface area contributed by atoms with Crippen LogP contribution in [0.15, 0.2) is 57.2 Å². The van der Waals surface area contributed by atoms with Crippen LogP contribution in [0.2, 0.25) is 5.02 Å². The normalized spacial score (nSPS) is 11.5. The van der Waals surface area contributed by atoms with Gasteiger partial charge in [-0.3, -0.25) is 4.79 Å². The number of esters is 1. The molecule has 0 unspecified atom stereocenters. The number of hydrogen-bond donors (Lipinski definition) is 0.